The van der Waals surface area contributed by atoms with Crippen molar-refractivity contribution in [2.24, 2.45) is 0 Å². The number of carbonyl (C=O) groups excluding carboxylic acids is 1. The lowest BCUT2D eigenvalue weighted by molar-refractivity contribution is -0.121. The van der Waals surface area contributed by atoms with Gasteiger partial charge in [-0.1, -0.05) is 18.2 Å². The first-order valence-electron chi connectivity index (χ1n) is 8.06. The van der Waals surface area contributed by atoms with Crippen LogP contribution in [0, 0.1) is 13.8 Å². The molecule has 0 aliphatic rings. The number of carboxylic acid groups (broad SMARTS) is 1. The quantitative estimate of drug-likeness (QED) is 0.728. The van der Waals surface area contributed by atoms with E-state index in [1.807, 2.05) is 24.6 Å². The number of carbonyl (C=O) groups is 2. The molecule has 0 atom stereocenters. The van der Waals surface area contributed by atoms with Gasteiger partial charge in [0.1, 0.15) is 0 Å². The number of aromatic nitrogens is 2. The standard InChI is InChI=1S/C18H23N3O3/c1-13-12-14(2)21(20-13)11-5-10-19-17(22)9-8-15-6-3-4-7-16(15)18(23)24/h3-4,6-7,12H,5,8-11H2,1-2H3,(H,19,22)(H,23,24). The van der Waals surface area contributed by atoms with Gasteiger partial charge in [0, 0.05) is 25.2 Å². The molecular weight excluding hydrogens is 306 g/mol. The molecule has 1 aromatic carbocycles. The van der Waals surface area contributed by atoms with E-state index < -0.39 is 5.97 Å². The van der Waals surface area contributed by atoms with Crippen LogP contribution in [0.25, 0.3) is 0 Å². The number of hydrogen-bond acceptors (Lipinski definition) is 3. The summed E-state index contributed by atoms with van der Waals surface area (Å²) >= 11 is 0. The molecule has 0 saturated heterocycles. The summed E-state index contributed by atoms with van der Waals surface area (Å²) in [5, 5.41) is 16.4. The highest BCUT2D eigenvalue weighted by molar-refractivity contribution is 5.89. The third-order valence-electron chi connectivity index (χ3n) is 3.84. The number of aromatic carboxylic acids is 1. The van der Waals surface area contributed by atoms with E-state index in [0.29, 0.717) is 18.5 Å². The van der Waals surface area contributed by atoms with Crippen LogP contribution < -0.4 is 5.32 Å². The van der Waals surface area contributed by atoms with Gasteiger partial charge in [-0.2, -0.15) is 5.10 Å². The van der Waals surface area contributed by atoms with Crippen molar-refractivity contribution in [2.75, 3.05) is 6.54 Å². The molecule has 2 rings (SSSR count). The van der Waals surface area contributed by atoms with Crippen LogP contribution in [-0.4, -0.2) is 33.3 Å². The summed E-state index contributed by atoms with van der Waals surface area (Å²) in [6, 6.07) is 8.81. The predicted octanol–water partition coefficient (Wildman–Crippen LogP) is 2.34. The maximum absolute atomic E-state index is 11.9. The molecule has 2 N–H and O–H groups in total. The van der Waals surface area contributed by atoms with Crippen molar-refractivity contribution < 1.29 is 14.7 Å². The summed E-state index contributed by atoms with van der Waals surface area (Å²) in [5.74, 6) is -1.03. The van der Waals surface area contributed by atoms with Crippen molar-refractivity contribution in [1.82, 2.24) is 15.1 Å². The molecule has 0 bridgehead atoms. The Morgan fingerprint density at radius 3 is 2.67 bits per heavy atom. The summed E-state index contributed by atoms with van der Waals surface area (Å²) in [6.07, 6.45) is 1.51. The maximum Gasteiger partial charge on any atom is 0.335 e. The molecule has 1 aromatic heterocycles. The van der Waals surface area contributed by atoms with Gasteiger partial charge in [-0.3, -0.25) is 9.48 Å². The number of amides is 1. The zero-order valence-electron chi connectivity index (χ0n) is 14.1. The molecule has 6 nitrogen and oxygen atoms in total. The van der Waals surface area contributed by atoms with Gasteiger partial charge in [-0.15, -0.1) is 0 Å². The van der Waals surface area contributed by atoms with Gasteiger partial charge in [-0.25, -0.2) is 4.79 Å². The van der Waals surface area contributed by atoms with Gasteiger partial charge in [0.2, 0.25) is 5.91 Å². The number of benzene rings is 1. The average Bonchev–Trinajstić information content (AvgIpc) is 2.87. The molecule has 24 heavy (non-hydrogen) atoms. The van der Waals surface area contributed by atoms with Gasteiger partial charge in [0.05, 0.1) is 11.3 Å². The number of nitrogens with zero attached hydrogens (tertiary/aromatic N) is 2. The Kier molecular flexibility index (Phi) is 6.12. The Hall–Kier alpha value is -2.63. The van der Waals surface area contributed by atoms with Crippen molar-refractivity contribution in [1.29, 1.82) is 0 Å². The average molecular weight is 329 g/mol. The second-order valence-corrected chi connectivity index (χ2v) is 5.82. The van der Waals surface area contributed by atoms with E-state index in [1.54, 1.807) is 24.3 Å². The largest absolute Gasteiger partial charge is 0.478 e. The Bertz CT molecular complexity index is 722. The Balaban J connectivity index is 1.72. The topological polar surface area (TPSA) is 84.2 Å². The third kappa shape index (κ3) is 4.94. The number of carboxylic acids is 1. The molecule has 0 aliphatic heterocycles. The van der Waals surface area contributed by atoms with Crippen molar-refractivity contribution >= 4 is 11.9 Å². The molecule has 128 valence electrons. The molecular formula is C18H23N3O3. The zero-order chi connectivity index (χ0) is 17.5. The van der Waals surface area contributed by atoms with E-state index >= 15 is 0 Å². The summed E-state index contributed by atoms with van der Waals surface area (Å²) in [7, 11) is 0. The Morgan fingerprint density at radius 1 is 1.25 bits per heavy atom. The fraction of sp³-hybridized carbons (Fsp3) is 0.389. The molecule has 1 heterocycles. The third-order valence-corrected chi connectivity index (χ3v) is 3.84. The van der Waals surface area contributed by atoms with Crippen molar-refractivity contribution in [3.05, 3.63) is 52.8 Å². The first-order valence-corrected chi connectivity index (χ1v) is 8.06. The molecule has 0 unspecified atom stereocenters. The Morgan fingerprint density at radius 2 is 2.00 bits per heavy atom. The molecule has 0 aliphatic carbocycles. The van der Waals surface area contributed by atoms with Crippen LogP contribution in [0.2, 0.25) is 0 Å². The molecule has 0 radical (unpaired) electrons. The lowest BCUT2D eigenvalue weighted by atomic mass is 10.0. The van der Waals surface area contributed by atoms with Crippen LogP contribution in [0.4, 0.5) is 0 Å². The molecule has 0 spiro atoms. The van der Waals surface area contributed by atoms with Crippen LogP contribution in [0.15, 0.2) is 30.3 Å². The van der Waals surface area contributed by atoms with Gasteiger partial charge < -0.3 is 10.4 Å². The molecule has 0 fully saturated rings. The van der Waals surface area contributed by atoms with Crippen molar-refractivity contribution in [3.8, 4) is 0 Å². The lowest BCUT2D eigenvalue weighted by Crippen LogP contribution is -2.25. The number of rotatable bonds is 8. The van der Waals surface area contributed by atoms with Crippen LogP contribution >= 0.6 is 0 Å². The molecule has 0 saturated carbocycles. The van der Waals surface area contributed by atoms with Crippen molar-refractivity contribution in [3.63, 3.8) is 0 Å². The fourth-order valence-electron chi connectivity index (χ4n) is 2.64. The fourth-order valence-corrected chi connectivity index (χ4v) is 2.64. The predicted molar refractivity (Wildman–Crippen MR) is 91.1 cm³/mol. The van der Waals surface area contributed by atoms with Gasteiger partial charge in [-0.05, 0) is 44.4 Å². The second-order valence-electron chi connectivity index (χ2n) is 5.82. The first-order chi connectivity index (χ1) is 11.5. The lowest BCUT2D eigenvalue weighted by Gasteiger charge is -2.08. The smallest absolute Gasteiger partial charge is 0.335 e. The van der Waals surface area contributed by atoms with E-state index in [9.17, 15) is 9.59 Å². The number of aryl methyl sites for hydroxylation is 4. The number of nitrogens with one attached hydrogen (secondary N) is 1. The highest BCUT2D eigenvalue weighted by atomic mass is 16.4. The van der Waals surface area contributed by atoms with Gasteiger partial charge >= 0.3 is 5.97 Å². The normalized spacial score (nSPS) is 10.6. The van der Waals surface area contributed by atoms with Crippen LogP contribution in [0.3, 0.4) is 0 Å². The van der Waals surface area contributed by atoms with Crippen molar-refractivity contribution in [2.45, 2.75) is 39.7 Å². The van der Waals surface area contributed by atoms with Gasteiger partial charge in [0.25, 0.3) is 0 Å². The van der Waals surface area contributed by atoms with E-state index in [0.717, 1.165) is 24.4 Å². The maximum atomic E-state index is 11.9. The summed E-state index contributed by atoms with van der Waals surface area (Å²) in [5.41, 5.74) is 3.05. The van der Waals surface area contributed by atoms with E-state index in [2.05, 4.69) is 10.4 Å². The highest BCUT2D eigenvalue weighted by Gasteiger charge is 2.10. The molecule has 1 amide bonds. The van der Waals surface area contributed by atoms with Crippen LogP contribution in [-0.2, 0) is 17.8 Å². The highest BCUT2D eigenvalue weighted by Crippen LogP contribution is 2.11. The van der Waals surface area contributed by atoms with E-state index in [1.165, 1.54) is 0 Å². The minimum atomic E-state index is -0.962. The summed E-state index contributed by atoms with van der Waals surface area (Å²) < 4.78 is 1.94. The van der Waals surface area contributed by atoms with E-state index in [4.69, 9.17) is 5.11 Å². The summed E-state index contributed by atoms with van der Waals surface area (Å²) in [4.78, 5) is 23.0. The summed E-state index contributed by atoms with van der Waals surface area (Å²) in [6.45, 7) is 5.32. The van der Waals surface area contributed by atoms with Crippen LogP contribution in [0.1, 0.15) is 40.2 Å². The number of hydrogen-bond donors (Lipinski definition) is 2. The zero-order valence-corrected chi connectivity index (χ0v) is 14.1. The molecule has 2 aromatic rings. The minimum Gasteiger partial charge on any atom is -0.478 e. The Labute approximate surface area is 141 Å². The SMILES string of the molecule is Cc1cc(C)n(CCCNC(=O)CCc2ccccc2C(=O)O)n1. The van der Waals surface area contributed by atoms with Gasteiger partial charge in [0.15, 0.2) is 0 Å². The first kappa shape index (κ1) is 17.7. The van der Waals surface area contributed by atoms with Crippen LogP contribution in [0.5, 0.6) is 0 Å². The second kappa shape index (κ2) is 8.29. The minimum absolute atomic E-state index is 0.0661. The monoisotopic (exact) mass is 329 g/mol. The molecule has 6 heteroatoms. The van der Waals surface area contributed by atoms with E-state index in [-0.39, 0.29) is 17.9 Å².